The van der Waals surface area contributed by atoms with E-state index in [-0.39, 0.29) is 12.0 Å². The quantitative estimate of drug-likeness (QED) is 0.883. The summed E-state index contributed by atoms with van der Waals surface area (Å²) in [5.74, 6) is 0.858. The lowest BCUT2D eigenvalue weighted by atomic mass is 10.8. The molecule has 0 fully saturated rings. The van der Waals surface area contributed by atoms with Gasteiger partial charge in [-0.15, -0.1) is 0 Å². The van der Waals surface area contributed by atoms with Crippen molar-refractivity contribution in [2.75, 3.05) is 12.3 Å². The van der Waals surface area contributed by atoms with Gasteiger partial charge in [0.25, 0.3) is 0 Å². The van der Waals surface area contributed by atoms with E-state index >= 15 is 0 Å². The fraction of sp³-hybridized carbons (Fsp3) is 0.375. The maximum absolute atomic E-state index is 5.56. The third-order valence-corrected chi connectivity index (χ3v) is 3.28. The molecule has 0 aliphatic rings. The van der Waals surface area contributed by atoms with Crippen molar-refractivity contribution in [3.8, 4) is 6.01 Å². The first-order valence-corrected chi connectivity index (χ1v) is 6.39. The summed E-state index contributed by atoms with van der Waals surface area (Å²) in [5, 5.41) is 0.456. The van der Waals surface area contributed by atoms with E-state index in [2.05, 4.69) is 24.3 Å². The normalized spacial score (nSPS) is 10.5. The lowest BCUT2D eigenvalue weighted by molar-refractivity contribution is 0.308. The Morgan fingerprint density at radius 3 is 2.76 bits per heavy atom. The predicted octanol–water partition coefficient (Wildman–Crippen LogP) is 1.16. The third kappa shape index (κ3) is 3.24. The highest BCUT2D eigenvalue weighted by molar-refractivity contribution is 8.00. The van der Waals surface area contributed by atoms with Crippen LogP contribution in [0.2, 0.25) is 0 Å². The predicted molar refractivity (Wildman–Crippen MR) is 64.2 cm³/mol. The second kappa shape index (κ2) is 5.23. The van der Waals surface area contributed by atoms with E-state index in [1.807, 2.05) is 13.8 Å². The van der Waals surface area contributed by atoms with Crippen LogP contribution in [0.1, 0.15) is 12.7 Å². The van der Waals surface area contributed by atoms with Crippen molar-refractivity contribution in [2.45, 2.75) is 23.3 Å². The van der Waals surface area contributed by atoms with E-state index in [0.717, 1.165) is 10.2 Å². The molecule has 0 amide bonds. The fourth-order valence-electron chi connectivity index (χ4n) is 0.990. The van der Waals surface area contributed by atoms with E-state index in [1.165, 1.54) is 23.3 Å². The van der Waals surface area contributed by atoms with Gasteiger partial charge in [-0.25, -0.2) is 4.98 Å². The molecular weight excluding hydrogens is 260 g/mol. The maximum Gasteiger partial charge on any atom is 0.322 e. The molecule has 2 rings (SSSR count). The van der Waals surface area contributed by atoms with E-state index in [9.17, 15) is 0 Å². The zero-order valence-electron chi connectivity index (χ0n) is 9.25. The number of nitrogens with two attached hydrogens (primary N) is 1. The van der Waals surface area contributed by atoms with Gasteiger partial charge in [0, 0.05) is 0 Å². The molecule has 2 aromatic heterocycles. The largest absolute Gasteiger partial charge is 0.464 e. The van der Waals surface area contributed by atoms with Gasteiger partial charge in [-0.1, -0.05) is 0 Å². The lowest BCUT2D eigenvalue weighted by Gasteiger charge is -2.02. The second-order valence-electron chi connectivity index (χ2n) is 2.90. The first-order valence-electron chi connectivity index (χ1n) is 4.80. The van der Waals surface area contributed by atoms with E-state index in [0.29, 0.717) is 11.8 Å². The van der Waals surface area contributed by atoms with Gasteiger partial charge in [0.05, 0.1) is 6.61 Å². The van der Waals surface area contributed by atoms with Crippen LogP contribution < -0.4 is 10.5 Å². The standard InChI is InChI=1S/C8H10N6OS2/c1-3-15-6-11-5(9)12-7(13-6)16-8-10-4(2)14-17-8/h3H2,1-2H3,(H2,9,11,12,13). The van der Waals surface area contributed by atoms with E-state index in [4.69, 9.17) is 10.5 Å². The Kier molecular flexibility index (Phi) is 3.69. The molecular formula is C8H10N6OS2. The van der Waals surface area contributed by atoms with Crippen molar-refractivity contribution >= 4 is 29.2 Å². The third-order valence-electron chi connectivity index (χ3n) is 1.57. The van der Waals surface area contributed by atoms with Crippen LogP contribution in [0.5, 0.6) is 6.01 Å². The minimum atomic E-state index is 0.132. The highest BCUT2D eigenvalue weighted by Crippen LogP contribution is 2.27. The van der Waals surface area contributed by atoms with Gasteiger partial charge in [-0.3, -0.25) is 0 Å². The molecule has 17 heavy (non-hydrogen) atoms. The van der Waals surface area contributed by atoms with Gasteiger partial charge in [0.1, 0.15) is 5.82 Å². The zero-order valence-corrected chi connectivity index (χ0v) is 10.9. The summed E-state index contributed by atoms with van der Waals surface area (Å²) in [6.45, 7) is 4.15. The van der Waals surface area contributed by atoms with Gasteiger partial charge in [0.15, 0.2) is 4.34 Å². The first kappa shape index (κ1) is 12.0. The SMILES string of the molecule is CCOc1nc(N)nc(Sc2nc(C)ns2)n1. The number of nitrogens with zero attached hydrogens (tertiary/aromatic N) is 5. The van der Waals surface area contributed by atoms with Gasteiger partial charge < -0.3 is 10.5 Å². The average molecular weight is 270 g/mol. The van der Waals surface area contributed by atoms with Crippen LogP contribution in [0.4, 0.5) is 5.95 Å². The number of hydrogen-bond acceptors (Lipinski definition) is 9. The molecule has 0 radical (unpaired) electrons. The minimum Gasteiger partial charge on any atom is -0.464 e. The Hall–Kier alpha value is -1.48. The Morgan fingerprint density at radius 1 is 1.29 bits per heavy atom. The molecule has 2 N–H and O–H groups in total. The van der Waals surface area contributed by atoms with Crippen molar-refractivity contribution in [2.24, 2.45) is 0 Å². The number of hydrogen-bond donors (Lipinski definition) is 1. The molecule has 0 saturated heterocycles. The highest BCUT2D eigenvalue weighted by Gasteiger charge is 2.09. The van der Waals surface area contributed by atoms with E-state index < -0.39 is 0 Å². The Bertz CT molecular complexity index is 516. The van der Waals surface area contributed by atoms with Crippen LogP contribution in [0.3, 0.4) is 0 Å². The molecule has 9 heteroatoms. The summed E-state index contributed by atoms with van der Waals surface area (Å²) in [5.41, 5.74) is 5.56. The molecule has 0 aromatic carbocycles. The molecule has 0 bridgehead atoms. The molecule has 0 spiro atoms. The molecule has 0 unspecified atom stereocenters. The second-order valence-corrected chi connectivity index (χ2v) is 4.87. The number of anilines is 1. The number of aromatic nitrogens is 5. The Morgan fingerprint density at radius 2 is 2.12 bits per heavy atom. The number of nitrogen functional groups attached to an aromatic ring is 1. The zero-order chi connectivity index (χ0) is 12.3. The van der Waals surface area contributed by atoms with Crippen molar-refractivity contribution in [1.29, 1.82) is 0 Å². The Balaban J connectivity index is 2.20. The number of aryl methyl sites for hydroxylation is 1. The van der Waals surface area contributed by atoms with Crippen molar-refractivity contribution in [3.63, 3.8) is 0 Å². The fourth-order valence-corrected chi connectivity index (χ4v) is 2.49. The Labute approximate surface area is 106 Å². The summed E-state index contributed by atoms with van der Waals surface area (Å²) >= 11 is 2.57. The van der Waals surface area contributed by atoms with Crippen LogP contribution in [0.25, 0.3) is 0 Å². The molecule has 0 aliphatic carbocycles. The van der Waals surface area contributed by atoms with Crippen LogP contribution >= 0.6 is 23.3 Å². The summed E-state index contributed by atoms with van der Waals surface area (Å²) in [6, 6.07) is 0.226. The summed E-state index contributed by atoms with van der Waals surface area (Å²) < 4.78 is 10.0. The van der Waals surface area contributed by atoms with Crippen molar-refractivity contribution in [3.05, 3.63) is 5.82 Å². The number of rotatable bonds is 4. The van der Waals surface area contributed by atoms with E-state index in [1.54, 1.807) is 0 Å². The average Bonchev–Trinajstić information content (AvgIpc) is 2.63. The molecule has 90 valence electrons. The van der Waals surface area contributed by atoms with Gasteiger partial charge in [-0.05, 0) is 37.1 Å². The smallest absolute Gasteiger partial charge is 0.322 e. The highest BCUT2D eigenvalue weighted by atomic mass is 32.2. The van der Waals surface area contributed by atoms with Crippen LogP contribution in [0.15, 0.2) is 9.50 Å². The van der Waals surface area contributed by atoms with Crippen molar-refractivity contribution in [1.82, 2.24) is 24.3 Å². The topological polar surface area (TPSA) is 99.7 Å². The summed E-state index contributed by atoms with van der Waals surface area (Å²) in [4.78, 5) is 16.2. The molecule has 0 saturated carbocycles. The van der Waals surface area contributed by atoms with Crippen LogP contribution in [-0.2, 0) is 0 Å². The lowest BCUT2D eigenvalue weighted by Crippen LogP contribution is -2.04. The van der Waals surface area contributed by atoms with Crippen molar-refractivity contribution < 1.29 is 4.74 Å². The van der Waals surface area contributed by atoms with Gasteiger partial charge in [-0.2, -0.15) is 19.3 Å². The van der Waals surface area contributed by atoms with Crippen LogP contribution in [0, 0.1) is 6.92 Å². The molecule has 0 aliphatic heterocycles. The monoisotopic (exact) mass is 270 g/mol. The summed E-state index contributed by atoms with van der Waals surface area (Å²) in [6.07, 6.45) is 0. The minimum absolute atomic E-state index is 0.132. The molecule has 0 atom stereocenters. The van der Waals surface area contributed by atoms with Gasteiger partial charge in [0.2, 0.25) is 11.1 Å². The van der Waals surface area contributed by atoms with Gasteiger partial charge >= 0.3 is 6.01 Å². The maximum atomic E-state index is 5.56. The first-order chi connectivity index (χ1) is 8.17. The summed E-state index contributed by atoms with van der Waals surface area (Å²) in [7, 11) is 0. The number of ether oxygens (including phenoxy) is 1. The molecule has 2 aromatic rings. The molecule has 2 heterocycles. The van der Waals surface area contributed by atoms with Crippen LogP contribution in [-0.4, -0.2) is 30.9 Å². The molecule has 7 nitrogen and oxygen atoms in total.